The first-order valence-corrected chi connectivity index (χ1v) is 9.65. The highest BCUT2D eigenvalue weighted by atomic mass is 16.6. The molecule has 8 heteroatoms. The van der Waals surface area contributed by atoms with Gasteiger partial charge in [0, 0.05) is 29.3 Å². The molecule has 1 atom stereocenters. The summed E-state index contributed by atoms with van der Waals surface area (Å²) in [6.45, 7) is 8.56. The van der Waals surface area contributed by atoms with Crippen LogP contribution in [0.1, 0.15) is 71.0 Å². The number of nitro benzene ring substituents is 1. The van der Waals surface area contributed by atoms with Crippen LogP contribution >= 0.6 is 0 Å². The van der Waals surface area contributed by atoms with E-state index in [4.69, 9.17) is 4.74 Å². The molecule has 0 aliphatic heterocycles. The summed E-state index contributed by atoms with van der Waals surface area (Å²) in [5, 5.41) is 22.9. The lowest BCUT2D eigenvalue weighted by Gasteiger charge is -2.18. The van der Waals surface area contributed by atoms with Gasteiger partial charge >= 0.3 is 0 Å². The Kier molecular flexibility index (Phi) is 5.67. The molecule has 0 amide bonds. The molecule has 3 aromatic rings. The molecule has 2 heterocycles. The lowest BCUT2D eigenvalue weighted by molar-refractivity contribution is -0.384. The van der Waals surface area contributed by atoms with Crippen LogP contribution in [0.5, 0.6) is 5.75 Å². The van der Waals surface area contributed by atoms with Crippen LogP contribution in [0.15, 0.2) is 30.3 Å². The number of H-pyrrole nitrogens is 1. The molecule has 2 aromatic heterocycles. The summed E-state index contributed by atoms with van der Waals surface area (Å²) in [6.07, 6.45) is 3.69. The maximum absolute atomic E-state index is 10.9. The predicted molar refractivity (Wildman–Crippen MR) is 107 cm³/mol. The van der Waals surface area contributed by atoms with Gasteiger partial charge in [0.1, 0.15) is 5.75 Å². The number of nitro groups is 1. The molecular weight excluding hydrogens is 358 g/mol. The molecule has 150 valence electrons. The monoisotopic (exact) mass is 385 g/mol. The smallest absolute Gasteiger partial charge is 0.269 e. The van der Waals surface area contributed by atoms with E-state index in [2.05, 4.69) is 43.0 Å². The lowest BCUT2D eigenvalue weighted by atomic mass is 9.93. The van der Waals surface area contributed by atoms with E-state index in [1.165, 1.54) is 12.1 Å². The Balaban J connectivity index is 1.90. The molecule has 0 aliphatic carbocycles. The number of fused-ring (bicyclic) bond motifs is 1. The minimum atomic E-state index is -0.419. The van der Waals surface area contributed by atoms with Crippen LogP contribution in [0.4, 0.5) is 5.69 Å². The largest absolute Gasteiger partial charge is 0.482 e. The zero-order chi connectivity index (χ0) is 20.3. The van der Waals surface area contributed by atoms with E-state index in [9.17, 15) is 10.1 Å². The third-order valence-electron chi connectivity index (χ3n) is 4.71. The Morgan fingerprint density at radius 2 is 1.93 bits per heavy atom. The number of nitrogens with zero attached hydrogens (tertiary/aromatic N) is 4. The number of nitrogens with one attached hydrogen (secondary N) is 1. The first-order chi connectivity index (χ1) is 13.3. The molecule has 8 nitrogen and oxygen atoms in total. The van der Waals surface area contributed by atoms with Crippen molar-refractivity contribution in [1.82, 2.24) is 19.8 Å². The summed E-state index contributed by atoms with van der Waals surface area (Å²) in [4.78, 5) is 10.4. The molecule has 0 saturated heterocycles. The first kappa shape index (κ1) is 19.9. The minimum absolute atomic E-state index is 0.0328. The van der Waals surface area contributed by atoms with Crippen LogP contribution in [0.25, 0.3) is 5.65 Å². The van der Waals surface area contributed by atoms with Crippen LogP contribution in [0.2, 0.25) is 0 Å². The maximum Gasteiger partial charge on any atom is 0.269 e. The Bertz CT molecular complexity index is 937. The summed E-state index contributed by atoms with van der Waals surface area (Å²) in [7, 11) is 0. The topological polar surface area (TPSA) is 98.3 Å². The number of hydrogen-bond donors (Lipinski definition) is 1. The van der Waals surface area contributed by atoms with Gasteiger partial charge in [-0.25, -0.2) is 4.52 Å². The highest BCUT2D eigenvalue weighted by Crippen LogP contribution is 2.29. The van der Waals surface area contributed by atoms with Crippen LogP contribution in [-0.2, 0) is 5.41 Å². The molecule has 1 unspecified atom stereocenters. The zero-order valence-corrected chi connectivity index (χ0v) is 16.8. The fraction of sp³-hybridized carbons (Fsp3) is 0.500. The van der Waals surface area contributed by atoms with Crippen LogP contribution in [-0.4, -0.2) is 24.7 Å². The van der Waals surface area contributed by atoms with Crippen LogP contribution < -0.4 is 4.74 Å². The van der Waals surface area contributed by atoms with Gasteiger partial charge in [-0.2, -0.15) is 0 Å². The molecule has 0 bridgehead atoms. The average Bonchev–Trinajstić information content (AvgIpc) is 3.22. The van der Waals surface area contributed by atoms with Gasteiger partial charge in [0.25, 0.3) is 5.69 Å². The van der Waals surface area contributed by atoms with E-state index in [1.54, 1.807) is 12.1 Å². The summed E-state index contributed by atoms with van der Waals surface area (Å²) >= 11 is 0. The van der Waals surface area contributed by atoms with Gasteiger partial charge in [-0.15, -0.1) is 10.2 Å². The van der Waals surface area contributed by atoms with Gasteiger partial charge in [-0.05, 0) is 25.0 Å². The van der Waals surface area contributed by atoms with Gasteiger partial charge < -0.3 is 4.74 Å². The molecule has 0 spiro atoms. The molecule has 0 aliphatic rings. The molecule has 0 fully saturated rings. The van der Waals surface area contributed by atoms with Crippen molar-refractivity contribution in [3.8, 4) is 5.75 Å². The van der Waals surface area contributed by atoms with Crippen molar-refractivity contribution < 1.29 is 9.66 Å². The molecule has 0 radical (unpaired) electrons. The minimum Gasteiger partial charge on any atom is -0.482 e. The number of ether oxygens (including phenoxy) is 1. The van der Waals surface area contributed by atoms with E-state index in [-0.39, 0.29) is 17.2 Å². The van der Waals surface area contributed by atoms with E-state index < -0.39 is 4.92 Å². The van der Waals surface area contributed by atoms with Crippen LogP contribution in [0, 0.1) is 10.1 Å². The third-order valence-corrected chi connectivity index (χ3v) is 4.71. The van der Waals surface area contributed by atoms with Crippen molar-refractivity contribution in [2.24, 2.45) is 0 Å². The van der Waals surface area contributed by atoms with E-state index in [0.717, 1.165) is 37.0 Å². The van der Waals surface area contributed by atoms with Gasteiger partial charge in [0.2, 0.25) is 0 Å². The Morgan fingerprint density at radius 1 is 1.21 bits per heavy atom. The van der Waals surface area contributed by atoms with Crippen molar-refractivity contribution in [3.63, 3.8) is 0 Å². The fourth-order valence-electron chi connectivity index (χ4n) is 3.02. The molecule has 28 heavy (non-hydrogen) atoms. The molecular formula is C20H27N5O3. The number of non-ortho nitro benzene ring substituents is 1. The summed E-state index contributed by atoms with van der Waals surface area (Å²) < 4.78 is 8.05. The molecule has 3 rings (SSSR count). The van der Waals surface area contributed by atoms with E-state index in [1.807, 2.05) is 10.6 Å². The van der Waals surface area contributed by atoms with Crippen molar-refractivity contribution in [2.75, 3.05) is 0 Å². The summed E-state index contributed by atoms with van der Waals surface area (Å²) in [5.74, 6) is 1.28. The molecule has 1 aromatic carbocycles. The second-order valence-corrected chi connectivity index (χ2v) is 8.02. The Labute approximate surface area is 164 Å². The van der Waals surface area contributed by atoms with Crippen molar-refractivity contribution >= 4 is 11.3 Å². The highest BCUT2D eigenvalue weighted by molar-refractivity contribution is 5.41. The number of unbranched alkanes of at least 4 members (excludes halogenated alkanes) is 2. The number of aromatic nitrogens is 4. The second-order valence-electron chi connectivity index (χ2n) is 8.02. The number of hydrogen-bond acceptors (Lipinski definition) is 5. The molecule has 1 N–H and O–H groups in total. The normalized spacial score (nSPS) is 13.0. The van der Waals surface area contributed by atoms with Gasteiger partial charge in [0.05, 0.1) is 4.92 Å². The van der Waals surface area contributed by atoms with Crippen molar-refractivity contribution in [3.05, 3.63) is 52.0 Å². The van der Waals surface area contributed by atoms with Crippen molar-refractivity contribution in [1.29, 1.82) is 0 Å². The standard InChI is InChI=1S/C20H27N5O3/c1-5-6-7-8-16(28-15-11-9-14(10-12-15)25(26)27)19-22-21-18-13-17(20(2,3)4)23-24(18)19/h9-13,16,23H,5-8H2,1-4H3. The number of benzene rings is 1. The van der Waals surface area contributed by atoms with Gasteiger partial charge in [-0.3, -0.25) is 15.2 Å². The average molecular weight is 385 g/mol. The van der Waals surface area contributed by atoms with Gasteiger partial charge in [-0.1, -0.05) is 40.5 Å². The second kappa shape index (κ2) is 8.00. The van der Waals surface area contributed by atoms with E-state index in [0.29, 0.717) is 11.6 Å². The van der Waals surface area contributed by atoms with Crippen molar-refractivity contribution in [2.45, 2.75) is 64.9 Å². The number of aromatic amines is 1. The number of rotatable bonds is 8. The summed E-state index contributed by atoms with van der Waals surface area (Å²) in [6, 6.07) is 8.15. The Hall–Kier alpha value is -2.90. The van der Waals surface area contributed by atoms with E-state index >= 15 is 0 Å². The maximum atomic E-state index is 10.9. The van der Waals surface area contributed by atoms with Crippen LogP contribution in [0.3, 0.4) is 0 Å². The first-order valence-electron chi connectivity index (χ1n) is 9.65. The zero-order valence-electron chi connectivity index (χ0n) is 16.8. The summed E-state index contributed by atoms with van der Waals surface area (Å²) in [5.41, 5.74) is 1.84. The highest BCUT2D eigenvalue weighted by Gasteiger charge is 2.24. The predicted octanol–water partition coefficient (Wildman–Crippen LogP) is 4.96. The third kappa shape index (κ3) is 4.32. The molecule has 0 saturated carbocycles. The quantitative estimate of drug-likeness (QED) is 0.335. The lowest BCUT2D eigenvalue weighted by Crippen LogP contribution is -2.15. The fourth-order valence-corrected chi connectivity index (χ4v) is 3.02. The van der Waals surface area contributed by atoms with Gasteiger partial charge in [0.15, 0.2) is 17.6 Å². The SMILES string of the molecule is CCCCCC(Oc1ccc([N+](=O)[O-])cc1)c1nnc2cc(C(C)(C)C)[nH]n12. The Morgan fingerprint density at radius 3 is 2.54 bits per heavy atom.